The normalized spacial score (nSPS) is 11.4. The Labute approximate surface area is 118 Å². The molecule has 1 N–H and O–H groups in total. The van der Waals surface area contributed by atoms with Gasteiger partial charge in [-0.25, -0.2) is 0 Å². The number of halogens is 3. The van der Waals surface area contributed by atoms with Crippen molar-refractivity contribution in [2.45, 2.75) is 25.9 Å². The minimum atomic E-state index is -4.40. The molecule has 21 heavy (non-hydrogen) atoms. The maximum atomic E-state index is 12.4. The lowest BCUT2D eigenvalue weighted by Gasteiger charge is -2.05. The van der Waals surface area contributed by atoms with Crippen molar-refractivity contribution >= 4 is 11.9 Å². The molecule has 1 amide bonds. The summed E-state index contributed by atoms with van der Waals surface area (Å²) in [6, 6.07) is 4.23. The second-order valence-electron chi connectivity index (χ2n) is 4.29. The molecule has 0 fully saturated rings. The molecule has 112 valence electrons. The first-order chi connectivity index (χ1) is 9.90. The standard InChI is InChI=1S/C13H12F3N3O2/c1-2-3-10(20)17-12-19-18-11(21-12)8-4-6-9(7-5-8)13(14,15)16/h4-7H,2-3H2,1H3,(H,17,19,20). The molecule has 1 aromatic carbocycles. The Bertz CT molecular complexity index is 620. The van der Waals surface area contributed by atoms with E-state index >= 15 is 0 Å². The Morgan fingerprint density at radius 1 is 1.24 bits per heavy atom. The van der Waals surface area contributed by atoms with Gasteiger partial charge in [-0.3, -0.25) is 10.1 Å². The summed E-state index contributed by atoms with van der Waals surface area (Å²) < 4.78 is 42.5. The van der Waals surface area contributed by atoms with E-state index in [1.807, 2.05) is 6.92 Å². The molecule has 1 heterocycles. The summed E-state index contributed by atoms with van der Waals surface area (Å²) in [5.41, 5.74) is -0.422. The zero-order chi connectivity index (χ0) is 15.5. The van der Waals surface area contributed by atoms with Crippen LogP contribution < -0.4 is 5.32 Å². The smallest absolute Gasteiger partial charge is 0.403 e. The number of aromatic nitrogens is 2. The summed E-state index contributed by atoms with van der Waals surface area (Å²) in [5.74, 6) is -0.226. The fourth-order valence-corrected chi connectivity index (χ4v) is 1.60. The molecule has 0 aliphatic heterocycles. The van der Waals surface area contributed by atoms with Gasteiger partial charge in [0.05, 0.1) is 5.56 Å². The molecule has 1 aromatic heterocycles. The summed E-state index contributed by atoms with van der Waals surface area (Å²) in [4.78, 5) is 11.3. The summed E-state index contributed by atoms with van der Waals surface area (Å²) in [5, 5.41) is 9.70. The number of hydrogen-bond donors (Lipinski definition) is 1. The van der Waals surface area contributed by atoms with E-state index in [1.54, 1.807) is 0 Å². The number of carbonyl (C=O) groups is 1. The van der Waals surface area contributed by atoms with Crippen molar-refractivity contribution < 1.29 is 22.4 Å². The average molecular weight is 299 g/mol. The summed E-state index contributed by atoms with van der Waals surface area (Å²) in [7, 11) is 0. The molecule has 0 spiro atoms. The lowest BCUT2D eigenvalue weighted by atomic mass is 10.1. The number of amides is 1. The molecule has 0 atom stereocenters. The molecule has 0 aliphatic rings. The van der Waals surface area contributed by atoms with E-state index in [0.29, 0.717) is 18.4 Å². The SMILES string of the molecule is CCCC(=O)Nc1nnc(-c2ccc(C(F)(F)F)cc2)o1. The fourth-order valence-electron chi connectivity index (χ4n) is 1.60. The van der Waals surface area contributed by atoms with Gasteiger partial charge in [-0.15, -0.1) is 5.10 Å². The minimum Gasteiger partial charge on any atom is -0.403 e. The number of benzene rings is 1. The van der Waals surface area contributed by atoms with Crippen LogP contribution in [0.15, 0.2) is 28.7 Å². The van der Waals surface area contributed by atoms with Gasteiger partial charge in [0, 0.05) is 12.0 Å². The molecule has 2 rings (SSSR count). The maximum Gasteiger partial charge on any atom is 0.416 e. The highest BCUT2D eigenvalue weighted by molar-refractivity contribution is 5.88. The van der Waals surface area contributed by atoms with Gasteiger partial charge in [0.25, 0.3) is 0 Å². The lowest BCUT2D eigenvalue weighted by molar-refractivity contribution is -0.137. The van der Waals surface area contributed by atoms with Gasteiger partial charge >= 0.3 is 12.2 Å². The van der Waals surface area contributed by atoms with Crippen LogP contribution in [0.5, 0.6) is 0 Å². The largest absolute Gasteiger partial charge is 0.416 e. The minimum absolute atomic E-state index is 0.0375. The topological polar surface area (TPSA) is 68.0 Å². The van der Waals surface area contributed by atoms with Crippen LogP contribution in [-0.4, -0.2) is 16.1 Å². The second kappa shape index (κ2) is 5.94. The molecule has 5 nitrogen and oxygen atoms in total. The molecule has 0 unspecified atom stereocenters. The molecule has 0 radical (unpaired) electrons. The molecule has 2 aromatic rings. The number of rotatable bonds is 4. The van der Waals surface area contributed by atoms with Crippen molar-refractivity contribution in [3.8, 4) is 11.5 Å². The first-order valence-corrected chi connectivity index (χ1v) is 6.21. The van der Waals surface area contributed by atoms with Crippen LogP contribution in [0.3, 0.4) is 0 Å². The predicted molar refractivity (Wildman–Crippen MR) is 68.3 cm³/mol. The third kappa shape index (κ3) is 3.80. The van der Waals surface area contributed by atoms with Crippen LogP contribution in [-0.2, 0) is 11.0 Å². The Morgan fingerprint density at radius 3 is 2.48 bits per heavy atom. The average Bonchev–Trinajstić information content (AvgIpc) is 2.86. The van der Waals surface area contributed by atoms with E-state index in [-0.39, 0.29) is 17.8 Å². The Kier molecular flexibility index (Phi) is 4.25. The fraction of sp³-hybridized carbons (Fsp3) is 0.308. The molecule has 8 heteroatoms. The Hall–Kier alpha value is -2.38. The summed E-state index contributed by atoms with van der Waals surface area (Å²) in [6.45, 7) is 1.85. The predicted octanol–water partition coefficient (Wildman–Crippen LogP) is 3.49. The third-order valence-electron chi connectivity index (χ3n) is 2.61. The van der Waals surface area contributed by atoms with Gasteiger partial charge in [-0.1, -0.05) is 12.0 Å². The number of nitrogens with zero attached hydrogens (tertiary/aromatic N) is 2. The van der Waals surface area contributed by atoms with Crippen molar-refractivity contribution in [1.29, 1.82) is 0 Å². The van der Waals surface area contributed by atoms with E-state index < -0.39 is 11.7 Å². The van der Waals surface area contributed by atoms with Gasteiger partial charge in [-0.2, -0.15) is 13.2 Å². The highest BCUT2D eigenvalue weighted by Gasteiger charge is 2.30. The maximum absolute atomic E-state index is 12.4. The van der Waals surface area contributed by atoms with Crippen LogP contribution in [0.25, 0.3) is 11.5 Å². The molecule has 0 aliphatic carbocycles. The molecule has 0 bridgehead atoms. The lowest BCUT2D eigenvalue weighted by Crippen LogP contribution is -2.10. The highest BCUT2D eigenvalue weighted by Crippen LogP contribution is 2.30. The zero-order valence-corrected chi connectivity index (χ0v) is 11.1. The molecular weight excluding hydrogens is 287 g/mol. The first-order valence-electron chi connectivity index (χ1n) is 6.21. The summed E-state index contributed by atoms with van der Waals surface area (Å²) >= 11 is 0. The number of nitrogens with one attached hydrogen (secondary N) is 1. The number of hydrogen-bond acceptors (Lipinski definition) is 4. The van der Waals surface area contributed by atoms with E-state index in [4.69, 9.17) is 4.42 Å². The van der Waals surface area contributed by atoms with E-state index in [2.05, 4.69) is 15.5 Å². The quantitative estimate of drug-likeness (QED) is 0.938. The van der Waals surface area contributed by atoms with Crippen LogP contribution in [0.2, 0.25) is 0 Å². The third-order valence-corrected chi connectivity index (χ3v) is 2.61. The molecule has 0 saturated carbocycles. The van der Waals surface area contributed by atoms with Crippen molar-refractivity contribution in [3.63, 3.8) is 0 Å². The van der Waals surface area contributed by atoms with Crippen molar-refractivity contribution in [1.82, 2.24) is 10.2 Å². The van der Waals surface area contributed by atoms with E-state index in [0.717, 1.165) is 12.1 Å². The first kappa shape index (κ1) is 15.0. The van der Waals surface area contributed by atoms with Crippen LogP contribution in [0.4, 0.5) is 19.2 Å². The van der Waals surface area contributed by atoms with Crippen LogP contribution in [0, 0.1) is 0 Å². The van der Waals surface area contributed by atoms with Crippen molar-refractivity contribution in [2.75, 3.05) is 5.32 Å². The zero-order valence-electron chi connectivity index (χ0n) is 11.1. The Morgan fingerprint density at radius 2 is 1.90 bits per heavy atom. The number of carbonyl (C=O) groups excluding carboxylic acids is 1. The molecular formula is C13H12F3N3O2. The Balaban J connectivity index is 2.12. The van der Waals surface area contributed by atoms with E-state index in [1.165, 1.54) is 12.1 Å². The van der Waals surface area contributed by atoms with Gasteiger partial charge < -0.3 is 4.42 Å². The van der Waals surface area contributed by atoms with Gasteiger partial charge in [-0.05, 0) is 30.7 Å². The van der Waals surface area contributed by atoms with Crippen LogP contribution in [0.1, 0.15) is 25.3 Å². The summed E-state index contributed by atoms with van der Waals surface area (Å²) in [6.07, 6.45) is -3.41. The van der Waals surface area contributed by atoms with Gasteiger partial charge in [0.15, 0.2) is 0 Å². The highest BCUT2D eigenvalue weighted by atomic mass is 19.4. The number of alkyl halides is 3. The number of anilines is 1. The van der Waals surface area contributed by atoms with Crippen LogP contribution >= 0.6 is 0 Å². The molecule has 0 saturated heterocycles. The van der Waals surface area contributed by atoms with Crippen molar-refractivity contribution in [2.24, 2.45) is 0 Å². The van der Waals surface area contributed by atoms with Gasteiger partial charge in [0.2, 0.25) is 11.8 Å². The van der Waals surface area contributed by atoms with Crippen molar-refractivity contribution in [3.05, 3.63) is 29.8 Å². The monoisotopic (exact) mass is 299 g/mol. The second-order valence-corrected chi connectivity index (χ2v) is 4.29. The van der Waals surface area contributed by atoms with E-state index in [9.17, 15) is 18.0 Å². The van der Waals surface area contributed by atoms with Gasteiger partial charge in [0.1, 0.15) is 0 Å².